The molecule has 0 heterocycles. The van der Waals surface area contributed by atoms with Gasteiger partial charge in [-0.1, -0.05) is 0 Å². The van der Waals surface area contributed by atoms with Crippen LogP contribution in [0, 0.1) is 27.6 Å². The summed E-state index contributed by atoms with van der Waals surface area (Å²) in [7, 11) is 0. The fourth-order valence-electron chi connectivity index (χ4n) is 1.53. The molecular formula is C13H6F3NO4. The average molecular weight is 297 g/mol. The maximum atomic E-state index is 13.4. The number of esters is 1. The first-order valence-electron chi connectivity index (χ1n) is 5.49. The molecule has 21 heavy (non-hydrogen) atoms. The summed E-state index contributed by atoms with van der Waals surface area (Å²) in [6.45, 7) is 0. The summed E-state index contributed by atoms with van der Waals surface area (Å²) in [5.74, 6) is -4.92. The molecule has 0 bridgehead atoms. The van der Waals surface area contributed by atoms with Crippen molar-refractivity contribution in [1.29, 1.82) is 0 Å². The molecule has 0 aromatic heterocycles. The highest BCUT2D eigenvalue weighted by Crippen LogP contribution is 2.28. The van der Waals surface area contributed by atoms with Crippen LogP contribution in [0.2, 0.25) is 0 Å². The van der Waals surface area contributed by atoms with Crippen molar-refractivity contribution in [3.05, 3.63) is 69.5 Å². The number of ether oxygens (including phenoxy) is 1. The Labute approximate surface area is 115 Å². The summed E-state index contributed by atoms with van der Waals surface area (Å²) in [6.07, 6.45) is 0. The van der Waals surface area contributed by atoms with Crippen LogP contribution in [0.5, 0.6) is 5.75 Å². The van der Waals surface area contributed by atoms with Crippen LogP contribution in [0.4, 0.5) is 18.9 Å². The number of nitrogens with zero attached hydrogens (tertiary/aromatic N) is 1. The molecule has 0 saturated carbocycles. The Kier molecular flexibility index (Phi) is 3.88. The van der Waals surface area contributed by atoms with Crippen LogP contribution in [0.15, 0.2) is 36.4 Å². The van der Waals surface area contributed by atoms with Gasteiger partial charge in [-0.2, -0.15) is 0 Å². The molecule has 0 atom stereocenters. The van der Waals surface area contributed by atoms with E-state index in [1.165, 1.54) is 0 Å². The van der Waals surface area contributed by atoms with Gasteiger partial charge in [0.25, 0.3) is 0 Å². The molecule has 2 aromatic carbocycles. The van der Waals surface area contributed by atoms with Gasteiger partial charge in [0.2, 0.25) is 5.75 Å². The number of nitro groups is 1. The Morgan fingerprint density at radius 3 is 2.33 bits per heavy atom. The van der Waals surface area contributed by atoms with Gasteiger partial charge in [-0.15, -0.1) is 0 Å². The highest BCUT2D eigenvalue weighted by Gasteiger charge is 2.22. The number of carbonyl (C=O) groups excluding carboxylic acids is 1. The number of carbonyl (C=O) groups is 1. The van der Waals surface area contributed by atoms with Crippen LogP contribution in [-0.4, -0.2) is 10.9 Å². The van der Waals surface area contributed by atoms with Gasteiger partial charge in [-0.3, -0.25) is 10.1 Å². The first-order valence-corrected chi connectivity index (χ1v) is 5.49. The maximum Gasteiger partial charge on any atom is 0.346 e. The quantitative estimate of drug-likeness (QED) is 0.377. The van der Waals surface area contributed by atoms with Gasteiger partial charge in [0, 0.05) is 12.1 Å². The molecular weight excluding hydrogens is 291 g/mol. The Morgan fingerprint density at radius 1 is 1.05 bits per heavy atom. The fourth-order valence-corrected chi connectivity index (χ4v) is 1.53. The minimum absolute atomic E-state index is 0.572. The largest absolute Gasteiger partial charge is 0.415 e. The lowest BCUT2D eigenvalue weighted by molar-refractivity contribution is -0.385. The van der Waals surface area contributed by atoms with Gasteiger partial charge in [-0.05, 0) is 24.3 Å². The smallest absolute Gasteiger partial charge is 0.346 e. The standard InChI is InChI=1S/C13H6F3NO4/c14-7-1-3-10(16)9(5-7)13(18)21-12-6-8(15)2-4-11(12)17(19)20/h1-6H. The third-order valence-corrected chi connectivity index (χ3v) is 2.47. The lowest BCUT2D eigenvalue weighted by Gasteiger charge is -2.06. The fraction of sp³-hybridized carbons (Fsp3) is 0. The Morgan fingerprint density at radius 2 is 1.67 bits per heavy atom. The van der Waals surface area contributed by atoms with Crippen molar-refractivity contribution in [2.24, 2.45) is 0 Å². The van der Waals surface area contributed by atoms with Crippen LogP contribution < -0.4 is 4.74 Å². The van der Waals surface area contributed by atoms with Crippen molar-refractivity contribution >= 4 is 11.7 Å². The maximum absolute atomic E-state index is 13.4. The zero-order valence-corrected chi connectivity index (χ0v) is 10.2. The Hall–Kier alpha value is -2.90. The summed E-state index contributed by atoms with van der Waals surface area (Å²) < 4.78 is 44.0. The van der Waals surface area contributed by atoms with E-state index >= 15 is 0 Å². The number of halogens is 3. The molecule has 108 valence electrons. The summed E-state index contributed by atoms with van der Waals surface area (Å²) in [6, 6.07) is 4.26. The van der Waals surface area contributed by atoms with Gasteiger partial charge in [0.1, 0.15) is 17.5 Å². The third-order valence-electron chi connectivity index (χ3n) is 2.47. The van der Waals surface area contributed by atoms with Gasteiger partial charge in [0.05, 0.1) is 10.5 Å². The number of benzene rings is 2. The molecule has 0 aliphatic carbocycles. The molecule has 0 spiro atoms. The number of hydrogen-bond donors (Lipinski definition) is 0. The predicted molar refractivity (Wildman–Crippen MR) is 64.4 cm³/mol. The number of nitro benzene ring substituents is 1. The normalized spacial score (nSPS) is 10.2. The van der Waals surface area contributed by atoms with Gasteiger partial charge < -0.3 is 4.74 Å². The minimum atomic E-state index is -1.37. The molecule has 0 saturated heterocycles. The Balaban J connectivity index is 2.38. The van der Waals surface area contributed by atoms with Crippen LogP contribution in [-0.2, 0) is 0 Å². The molecule has 0 N–H and O–H groups in total. The monoisotopic (exact) mass is 297 g/mol. The molecule has 8 heteroatoms. The first kappa shape index (κ1) is 14.5. The number of rotatable bonds is 3. The van der Waals surface area contributed by atoms with Crippen LogP contribution in [0.3, 0.4) is 0 Å². The molecule has 0 aliphatic heterocycles. The van der Waals surface area contributed by atoms with E-state index in [-0.39, 0.29) is 0 Å². The van der Waals surface area contributed by atoms with E-state index in [2.05, 4.69) is 4.74 Å². The van der Waals surface area contributed by atoms with Crippen molar-refractivity contribution in [2.75, 3.05) is 0 Å². The molecule has 0 unspecified atom stereocenters. The molecule has 0 radical (unpaired) electrons. The second kappa shape index (κ2) is 5.61. The molecule has 2 rings (SSSR count). The molecule has 0 fully saturated rings. The van der Waals surface area contributed by atoms with Gasteiger partial charge in [0.15, 0.2) is 0 Å². The first-order chi connectivity index (χ1) is 9.88. The van der Waals surface area contributed by atoms with E-state index in [0.717, 1.165) is 18.2 Å². The molecule has 0 aliphatic rings. The highest BCUT2D eigenvalue weighted by molar-refractivity contribution is 5.91. The molecule has 2 aromatic rings. The predicted octanol–water partition coefficient (Wildman–Crippen LogP) is 3.23. The lowest BCUT2D eigenvalue weighted by Crippen LogP contribution is -2.12. The van der Waals surface area contributed by atoms with Crippen LogP contribution in [0.25, 0.3) is 0 Å². The highest BCUT2D eigenvalue weighted by atomic mass is 19.1. The van der Waals surface area contributed by atoms with E-state index in [4.69, 9.17) is 0 Å². The van der Waals surface area contributed by atoms with Crippen molar-refractivity contribution < 1.29 is 27.6 Å². The van der Waals surface area contributed by atoms with Crippen molar-refractivity contribution in [3.8, 4) is 5.75 Å². The van der Waals surface area contributed by atoms with Gasteiger partial charge >= 0.3 is 11.7 Å². The topological polar surface area (TPSA) is 69.4 Å². The van der Waals surface area contributed by atoms with E-state index in [1.54, 1.807) is 0 Å². The summed E-state index contributed by atoms with van der Waals surface area (Å²) >= 11 is 0. The van der Waals surface area contributed by atoms with E-state index in [0.29, 0.717) is 18.2 Å². The molecule has 0 amide bonds. The van der Waals surface area contributed by atoms with E-state index < -0.39 is 45.3 Å². The van der Waals surface area contributed by atoms with Crippen molar-refractivity contribution in [3.63, 3.8) is 0 Å². The van der Waals surface area contributed by atoms with Gasteiger partial charge in [-0.25, -0.2) is 18.0 Å². The zero-order chi connectivity index (χ0) is 15.6. The van der Waals surface area contributed by atoms with Crippen molar-refractivity contribution in [2.45, 2.75) is 0 Å². The second-order valence-electron chi connectivity index (χ2n) is 3.88. The van der Waals surface area contributed by atoms with E-state index in [9.17, 15) is 28.1 Å². The second-order valence-corrected chi connectivity index (χ2v) is 3.88. The lowest BCUT2D eigenvalue weighted by atomic mass is 10.2. The summed E-state index contributed by atoms with van der Waals surface area (Å²) in [4.78, 5) is 21.5. The zero-order valence-electron chi connectivity index (χ0n) is 10.2. The third kappa shape index (κ3) is 3.16. The summed E-state index contributed by atoms with van der Waals surface area (Å²) in [5, 5.41) is 10.7. The average Bonchev–Trinajstić information content (AvgIpc) is 2.41. The van der Waals surface area contributed by atoms with Crippen LogP contribution >= 0.6 is 0 Å². The Bertz CT molecular complexity index is 733. The molecule has 5 nitrogen and oxygen atoms in total. The van der Waals surface area contributed by atoms with E-state index in [1.807, 2.05) is 0 Å². The summed E-state index contributed by atoms with van der Waals surface area (Å²) in [5.41, 5.74) is -1.44. The van der Waals surface area contributed by atoms with Crippen molar-refractivity contribution in [1.82, 2.24) is 0 Å². The minimum Gasteiger partial charge on any atom is -0.415 e. The number of hydrogen-bond acceptors (Lipinski definition) is 4. The van der Waals surface area contributed by atoms with Crippen LogP contribution in [0.1, 0.15) is 10.4 Å². The SMILES string of the molecule is O=C(Oc1cc(F)ccc1[N+](=O)[O-])c1cc(F)ccc1F.